The number of benzene rings is 1. The van der Waals surface area contributed by atoms with Crippen molar-refractivity contribution in [2.45, 2.75) is 33.0 Å². The SMILES string of the molecule is CC(C)CCOc1ccc(C2OCCCO2)cc1N. The Morgan fingerprint density at radius 2 is 2.05 bits per heavy atom. The van der Waals surface area contributed by atoms with Gasteiger partial charge in [-0.25, -0.2) is 0 Å². The van der Waals surface area contributed by atoms with Gasteiger partial charge in [-0.1, -0.05) is 19.9 Å². The van der Waals surface area contributed by atoms with Crippen molar-refractivity contribution in [3.05, 3.63) is 23.8 Å². The van der Waals surface area contributed by atoms with Crippen LogP contribution >= 0.6 is 0 Å². The average Bonchev–Trinajstić information content (AvgIpc) is 2.41. The predicted octanol–water partition coefficient (Wildman–Crippen LogP) is 3.13. The highest BCUT2D eigenvalue weighted by Crippen LogP contribution is 2.29. The fourth-order valence-electron chi connectivity index (χ4n) is 1.93. The van der Waals surface area contributed by atoms with Crippen molar-refractivity contribution in [1.82, 2.24) is 0 Å². The van der Waals surface area contributed by atoms with Crippen LogP contribution in [-0.4, -0.2) is 19.8 Å². The topological polar surface area (TPSA) is 53.7 Å². The van der Waals surface area contributed by atoms with Crippen LogP contribution in [0.1, 0.15) is 38.5 Å². The third kappa shape index (κ3) is 4.11. The van der Waals surface area contributed by atoms with Crippen LogP contribution in [0.2, 0.25) is 0 Å². The van der Waals surface area contributed by atoms with Crippen molar-refractivity contribution in [2.75, 3.05) is 25.6 Å². The lowest BCUT2D eigenvalue weighted by atomic mass is 10.1. The predicted molar refractivity (Wildman–Crippen MR) is 75.1 cm³/mol. The largest absolute Gasteiger partial charge is 0.491 e. The maximum Gasteiger partial charge on any atom is 0.183 e. The molecular formula is C15H23NO3. The Bertz CT molecular complexity index is 400. The second-order valence-electron chi connectivity index (χ2n) is 5.26. The molecule has 1 heterocycles. The Hall–Kier alpha value is -1.26. The van der Waals surface area contributed by atoms with Gasteiger partial charge in [0.15, 0.2) is 6.29 Å². The molecule has 0 atom stereocenters. The molecule has 106 valence electrons. The summed E-state index contributed by atoms with van der Waals surface area (Å²) < 4.78 is 16.8. The third-order valence-electron chi connectivity index (χ3n) is 3.09. The molecule has 2 rings (SSSR count). The van der Waals surface area contributed by atoms with E-state index in [9.17, 15) is 0 Å². The zero-order valence-electron chi connectivity index (χ0n) is 11.7. The second kappa shape index (κ2) is 6.78. The van der Waals surface area contributed by atoms with Gasteiger partial charge in [-0.2, -0.15) is 0 Å². The Balaban J connectivity index is 1.96. The van der Waals surface area contributed by atoms with Gasteiger partial charge in [0.05, 0.1) is 25.5 Å². The molecule has 4 heteroatoms. The Morgan fingerprint density at radius 1 is 1.32 bits per heavy atom. The molecule has 0 spiro atoms. The fourth-order valence-corrected chi connectivity index (χ4v) is 1.93. The fraction of sp³-hybridized carbons (Fsp3) is 0.600. The molecule has 0 aromatic heterocycles. The quantitative estimate of drug-likeness (QED) is 0.831. The number of nitrogens with two attached hydrogens (primary N) is 1. The lowest BCUT2D eigenvalue weighted by Gasteiger charge is -2.24. The second-order valence-corrected chi connectivity index (χ2v) is 5.26. The van der Waals surface area contributed by atoms with E-state index in [1.807, 2.05) is 18.2 Å². The standard InChI is InChI=1S/C15H23NO3/c1-11(2)6-9-17-14-5-4-12(10-13(14)16)15-18-7-3-8-19-15/h4-5,10-11,15H,3,6-9,16H2,1-2H3. The van der Waals surface area contributed by atoms with Crippen molar-refractivity contribution in [3.63, 3.8) is 0 Å². The zero-order chi connectivity index (χ0) is 13.7. The van der Waals surface area contributed by atoms with Gasteiger partial charge in [0.1, 0.15) is 5.75 Å². The van der Waals surface area contributed by atoms with E-state index in [0.717, 1.165) is 37.4 Å². The number of hydrogen-bond donors (Lipinski definition) is 1. The summed E-state index contributed by atoms with van der Waals surface area (Å²) in [5.74, 6) is 1.37. The molecule has 0 amide bonds. The number of nitrogen functional groups attached to an aromatic ring is 1. The molecule has 2 N–H and O–H groups in total. The van der Waals surface area contributed by atoms with Gasteiger partial charge in [0.2, 0.25) is 0 Å². The van der Waals surface area contributed by atoms with E-state index in [1.165, 1.54) is 0 Å². The summed E-state index contributed by atoms with van der Waals surface area (Å²) in [4.78, 5) is 0. The zero-order valence-corrected chi connectivity index (χ0v) is 11.7. The minimum atomic E-state index is -0.291. The van der Waals surface area contributed by atoms with Crippen molar-refractivity contribution >= 4 is 5.69 Å². The van der Waals surface area contributed by atoms with Crippen LogP contribution in [0.3, 0.4) is 0 Å². The van der Waals surface area contributed by atoms with Gasteiger partial charge in [-0.15, -0.1) is 0 Å². The van der Waals surface area contributed by atoms with Gasteiger partial charge >= 0.3 is 0 Å². The van der Waals surface area contributed by atoms with Crippen molar-refractivity contribution in [1.29, 1.82) is 0 Å². The van der Waals surface area contributed by atoms with Crippen LogP contribution in [0.25, 0.3) is 0 Å². The van der Waals surface area contributed by atoms with E-state index in [-0.39, 0.29) is 6.29 Å². The van der Waals surface area contributed by atoms with Crippen LogP contribution in [0.15, 0.2) is 18.2 Å². The maximum absolute atomic E-state index is 6.01. The molecule has 1 aromatic rings. The van der Waals surface area contributed by atoms with Crippen LogP contribution < -0.4 is 10.5 Å². The summed E-state index contributed by atoms with van der Waals surface area (Å²) in [6.45, 7) is 6.51. The van der Waals surface area contributed by atoms with Crippen LogP contribution in [0.4, 0.5) is 5.69 Å². The molecule has 1 aliphatic rings. The number of rotatable bonds is 5. The minimum Gasteiger partial charge on any atom is -0.491 e. The third-order valence-corrected chi connectivity index (χ3v) is 3.09. The molecule has 4 nitrogen and oxygen atoms in total. The first-order chi connectivity index (χ1) is 9.16. The molecule has 0 saturated carbocycles. The lowest BCUT2D eigenvalue weighted by molar-refractivity contribution is -0.183. The molecule has 0 unspecified atom stereocenters. The van der Waals surface area contributed by atoms with Gasteiger partial charge in [0, 0.05) is 5.56 Å². The first-order valence-electron chi connectivity index (χ1n) is 6.92. The number of anilines is 1. The van der Waals surface area contributed by atoms with Gasteiger partial charge < -0.3 is 19.9 Å². The molecule has 1 aromatic carbocycles. The van der Waals surface area contributed by atoms with E-state index in [2.05, 4.69) is 13.8 Å². The van der Waals surface area contributed by atoms with Gasteiger partial charge in [0.25, 0.3) is 0 Å². The average molecular weight is 265 g/mol. The smallest absolute Gasteiger partial charge is 0.183 e. The first-order valence-corrected chi connectivity index (χ1v) is 6.92. The molecule has 1 aliphatic heterocycles. The summed E-state index contributed by atoms with van der Waals surface area (Å²) in [6, 6.07) is 5.73. The van der Waals surface area contributed by atoms with E-state index < -0.39 is 0 Å². The Kier molecular flexibility index (Phi) is 5.05. The summed E-state index contributed by atoms with van der Waals surface area (Å²) in [5.41, 5.74) is 7.60. The van der Waals surface area contributed by atoms with E-state index in [1.54, 1.807) is 0 Å². The van der Waals surface area contributed by atoms with E-state index in [4.69, 9.17) is 19.9 Å². The number of ether oxygens (including phenoxy) is 3. The van der Waals surface area contributed by atoms with Crippen LogP contribution in [0.5, 0.6) is 5.75 Å². The van der Waals surface area contributed by atoms with Gasteiger partial charge in [-0.3, -0.25) is 0 Å². The highest BCUT2D eigenvalue weighted by atomic mass is 16.7. The van der Waals surface area contributed by atoms with Crippen molar-refractivity contribution in [3.8, 4) is 5.75 Å². The highest BCUT2D eigenvalue weighted by Gasteiger charge is 2.17. The van der Waals surface area contributed by atoms with E-state index in [0.29, 0.717) is 18.2 Å². The van der Waals surface area contributed by atoms with Crippen LogP contribution in [0, 0.1) is 5.92 Å². The normalized spacial score (nSPS) is 16.8. The first kappa shape index (κ1) is 14.2. The molecule has 1 fully saturated rings. The molecular weight excluding hydrogens is 242 g/mol. The summed E-state index contributed by atoms with van der Waals surface area (Å²) in [7, 11) is 0. The maximum atomic E-state index is 6.01. The molecule has 0 radical (unpaired) electrons. The monoisotopic (exact) mass is 265 g/mol. The minimum absolute atomic E-state index is 0.291. The van der Waals surface area contributed by atoms with Crippen LogP contribution in [-0.2, 0) is 9.47 Å². The Labute approximate surface area is 114 Å². The van der Waals surface area contributed by atoms with Gasteiger partial charge in [-0.05, 0) is 30.9 Å². The molecule has 0 bridgehead atoms. The van der Waals surface area contributed by atoms with Crippen molar-refractivity contribution in [2.24, 2.45) is 5.92 Å². The lowest BCUT2D eigenvalue weighted by Crippen LogP contribution is -2.17. The number of hydrogen-bond acceptors (Lipinski definition) is 4. The molecule has 1 saturated heterocycles. The molecule has 0 aliphatic carbocycles. The Morgan fingerprint density at radius 3 is 2.68 bits per heavy atom. The summed E-state index contributed by atoms with van der Waals surface area (Å²) in [5, 5.41) is 0. The highest BCUT2D eigenvalue weighted by molar-refractivity contribution is 5.54. The van der Waals surface area contributed by atoms with E-state index >= 15 is 0 Å². The molecule has 19 heavy (non-hydrogen) atoms. The summed E-state index contributed by atoms with van der Waals surface area (Å²) in [6.07, 6.45) is 1.68. The summed E-state index contributed by atoms with van der Waals surface area (Å²) >= 11 is 0. The van der Waals surface area contributed by atoms with Crippen molar-refractivity contribution < 1.29 is 14.2 Å².